The minimum Gasteiger partial charge on any atom is -0.465 e. The van der Waals surface area contributed by atoms with Crippen molar-refractivity contribution in [3.05, 3.63) is 41.2 Å². The number of methoxy groups -OCH3 is 1. The molecule has 0 radical (unpaired) electrons. The zero-order valence-electron chi connectivity index (χ0n) is 18.6. The third kappa shape index (κ3) is 4.58. The van der Waals surface area contributed by atoms with Gasteiger partial charge in [0.1, 0.15) is 0 Å². The minimum atomic E-state index is -0.496. The van der Waals surface area contributed by atoms with Gasteiger partial charge in [0.2, 0.25) is 0 Å². The van der Waals surface area contributed by atoms with Crippen LogP contribution in [0.3, 0.4) is 0 Å². The van der Waals surface area contributed by atoms with Crippen LogP contribution >= 0.6 is 0 Å². The van der Waals surface area contributed by atoms with E-state index in [-0.39, 0.29) is 11.4 Å². The van der Waals surface area contributed by atoms with Crippen LogP contribution in [0.25, 0.3) is 0 Å². The Morgan fingerprint density at radius 2 is 1.87 bits per heavy atom. The molecule has 0 atom stereocenters. The zero-order chi connectivity index (χ0) is 22.2. The van der Waals surface area contributed by atoms with Crippen molar-refractivity contribution in [2.45, 2.75) is 45.1 Å². The van der Waals surface area contributed by atoms with E-state index >= 15 is 0 Å². The largest absolute Gasteiger partial charge is 0.465 e. The van der Waals surface area contributed by atoms with E-state index in [0.29, 0.717) is 36.1 Å². The Balaban J connectivity index is 1.61. The number of hydrogen-bond acceptors (Lipinski definition) is 6. The van der Waals surface area contributed by atoms with Crippen LogP contribution in [0.15, 0.2) is 24.3 Å². The van der Waals surface area contributed by atoms with Crippen molar-refractivity contribution >= 4 is 23.3 Å². The van der Waals surface area contributed by atoms with E-state index in [1.165, 1.54) is 7.11 Å². The standard InChI is InChI=1S/C23H30N4O4/c1-23(2,3)27-20(15-5-6-15)14-19(25-27)21(28)24-18-8-7-16(13-17(18)22(29)30-4)26-9-11-31-12-10-26/h7-8,13-15H,5-6,9-12H2,1-4H3,(H,24,28). The molecule has 2 fully saturated rings. The molecule has 1 amide bonds. The van der Waals surface area contributed by atoms with Crippen molar-refractivity contribution in [2.75, 3.05) is 43.6 Å². The van der Waals surface area contributed by atoms with Crippen LogP contribution in [0.2, 0.25) is 0 Å². The fourth-order valence-electron chi connectivity index (χ4n) is 3.84. The number of hydrogen-bond donors (Lipinski definition) is 1. The van der Waals surface area contributed by atoms with Crippen LogP contribution < -0.4 is 10.2 Å². The molecule has 1 aromatic carbocycles. The summed E-state index contributed by atoms with van der Waals surface area (Å²) in [5.74, 6) is -0.370. The number of aromatic nitrogens is 2. The molecule has 0 bridgehead atoms. The smallest absolute Gasteiger partial charge is 0.340 e. The number of esters is 1. The molecule has 0 spiro atoms. The topological polar surface area (TPSA) is 85.7 Å². The van der Waals surface area contributed by atoms with Gasteiger partial charge in [-0.2, -0.15) is 5.10 Å². The monoisotopic (exact) mass is 426 g/mol. The molecule has 1 aliphatic carbocycles. The third-order valence-corrected chi connectivity index (χ3v) is 5.63. The zero-order valence-corrected chi connectivity index (χ0v) is 18.6. The van der Waals surface area contributed by atoms with E-state index in [9.17, 15) is 9.59 Å². The summed E-state index contributed by atoms with van der Waals surface area (Å²) in [6.45, 7) is 9.02. The van der Waals surface area contributed by atoms with Gasteiger partial charge in [-0.15, -0.1) is 0 Å². The second kappa shape index (κ2) is 8.34. The maximum Gasteiger partial charge on any atom is 0.340 e. The Bertz CT molecular complexity index is 982. The van der Waals surface area contributed by atoms with Gasteiger partial charge in [-0.1, -0.05) is 0 Å². The summed E-state index contributed by atoms with van der Waals surface area (Å²) >= 11 is 0. The lowest BCUT2D eigenvalue weighted by Gasteiger charge is -2.29. The highest BCUT2D eigenvalue weighted by molar-refractivity contribution is 6.07. The molecule has 166 valence electrons. The highest BCUT2D eigenvalue weighted by Crippen LogP contribution is 2.41. The normalized spacial score (nSPS) is 16.8. The van der Waals surface area contributed by atoms with E-state index in [1.54, 1.807) is 12.1 Å². The van der Waals surface area contributed by atoms with Crippen LogP contribution in [0, 0.1) is 0 Å². The molecule has 0 unspecified atom stereocenters. The first kappa shape index (κ1) is 21.4. The third-order valence-electron chi connectivity index (χ3n) is 5.63. The molecule has 2 heterocycles. The van der Waals surface area contributed by atoms with Crippen LogP contribution in [0.1, 0.15) is 66.1 Å². The van der Waals surface area contributed by atoms with Gasteiger partial charge in [0.15, 0.2) is 5.69 Å². The number of benzene rings is 1. The average molecular weight is 427 g/mol. The van der Waals surface area contributed by atoms with Gasteiger partial charge < -0.3 is 19.7 Å². The number of amides is 1. The number of carbonyl (C=O) groups is 2. The van der Waals surface area contributed by atoms with E-state index in [0.717, 1.165) is 37.3 Å². The van der Waals surface area contributed by atoms with Crippen molar-refractivity contribution in [3.8, 4) is 0 Å². The Hall–Kier alpha value is -2.87. The van der Waals surface area contributed by atoms with Gasteiger partial charge in [-0.25, -0.2) is 4.79 Å². The summed E-state index contributed by atoms with van der Waals surface area (Å²) in [4.78, 5) is 27.6. The lowest BCUT2D eigenvalue weighted by atomic mass is 10.1. The number of ether oxygens (including phenoxy) is 2. The Kier molecular flexibility index (Phi) is 5.75. The van der Waals surface area contributed by atoms with Crippen molar-refractivity contribution in [1.29, 1.82) is 0 Å². The maximum atomic E-state index is 13.0. The van der Waals surface area contributed by atoms with E-state index in [1.807, 2.05) is 16.8 Å². The average Bonchev–Trinajstić information content (AvgIpc) is 3.50. The molecule has 1 aromatic heterocycles. The fraction of sp³-hybridized carbons (Fsp3) is 0.522. The van der Waals surface area contributed by atoms with E-state index < -0.39 is 5.97 Å². The summed E-state index contributed by atoms with van der Waals surface area (Å²) in [5.41, 5.74) is 2.85. The minimum absolute atomic E-state index is 0.215. The molecule has 1 aliphatic heterocycles. The molecular formula is C23H30N4O4. The summed E-state index contributed by atoms with van der Waals surface area (Å²) in [7, 11) is 1.34. The summed E-state index contributed by atoms with van der Waals surface area (Å²) < 4.78 is 12.3. The Labute approximate surface area is 182 Å². The molecule has 2 aromatic rings. The second-order valence-corrected chi connectivity index (χ2v) is 9.09. The first-order valence-electron chi connectivity index (χ1n) is 10.7. The number of rotatable bonds is 5. The SMILES string of the molecule is COC(=O)c1cc(N2CCOCC2)ccc1NC(=O)c1cc(C2CC2)n(C(C)(C)C)n1. The first-order chi connectivity index (χ1) is 14.8. The highest BCUT2D eigenvalue weighted by atomic mass is 16.5. The van der Waals surface area contributed by atoms with E-state index in [2.05, 4.69) is 36.1 Å². The quantitative estimate of drug-likeness (QED) is 0.738. The molecule has 1 saturated carbocycles. The molecule has 4 rings (SSSR count). The van der Waals surface area contributed by atoms with Crippen LogP contribution in [-0.4, -0.2) is 55.1 Å². The predicted molar refractivity (Wildman–Crippen MR) is 118 cm³/mol. The lowest BCUT2D eigenvalue weighted by Crippen LogP contribution is -2.36. The summed E-state index contributed by atoms with van der Waals surface area (Å²) in [6.07, 6.45) is 2.25. The Morgan fingerprint density at radius 1 is 1.16 bits per heavy atom. The van der Waals surface area contributed by atoms with Crippen molar-refractivity contribution in [3.63, 3.8) is 0 Å². The first-order valence-corrected chi connectivity index (χ1v) is 10.7. The molecular weight excluding hydrogens is 396 g/mol. The van der Waals surface area contributed by atoms with Gasteiger partial charge in [-0.05, 0) is 57.9 Å². The summed E-state index contributed by atoms with van der Waals surface area (Å²) in [5, 5.41) is 7.46. The Morgan fingerprint density at radius 3 is 2.48 bits per heavy atom. The van der Waals surface area contributed by atoms with Crippen LogP contribution in [0.5, 0.6) is 0 Å². The van der Waals surface area contributed by atoms with Crippen LogP contribution in [0.4, 0.5) is 11.4 Å². The van der Waals surface area contributed by atoms with Crippen molar-refractivity contribution < 1.29 is 19.1 Å². The van der Waals surface area contributed by atoms with Crippen molar-refractivity contribution in [2.24, 2.45) is 0 Å². The van der Waals surface area contributed by atoms with Gasteiger partial charge in [0.25, 0.3) is 5.91 Å². The van der Waals surface area contributed by atoms with Crippen molar-refractivity contribution in [1.82, 2.24) is 9.78 Å². The predicted octanol–water partition coefficient (Wildman–Crippen LogP) is 3.39. The molecule has 8 heteroatoms. The van der Waals surface area contributed by atoms with Gasteiger partial charge in [0.05, 0.1) is 37.1 Å². The highest BCUT2D eigenvalue weighted by Gasteiger charge is 2.32. The number of morpholine rings is 1. The molecule has 8 nitrogen and oxygen atoms in total. The number of anilines is 2. The lowest BCUT2D eigenvalue weighted by molar-refractivity contribution is 0.0602. The maximum absolute atomic E-state index is 13.0. The van der Waals surface area contributed by atoms with Crippen LogP contribution in [-0.2, 0) is 15.0 Å². The molecule has 1 saturated heterocycles. The number of nitrogens with zero attached hydrogens (tertiary/aromatic N) is 3. The second-order valence-electron chi connectivity index (χ2n) is 9.09. The summed E-state index contributed by atoms with van der Waals surface area (Å²) in [6, 6.07) is 7.28. The fourth-order valence-corrected chi connectivity index (χ4v) is 3.84. The number of nitrogens with one attached hydrogen (secondary N) is 1. The molecule has 31 heavy (non-hydrogen) atoms. The molecule has 1 N–H and O–H groups in total. The number of carbonyl (C=O) groups excluding carboxylic acids is 2. The van der Waals surface area contributed by atoms with Gasteiger partial charge in [-0.3, -0.25) is 9.48 Å². The van der Waals surface area contributed by atoms with Gasteiger partial charge in [0, 0.05) is 30.4 Å². The van der Waals surface area contributed by atoms with E-state index in [4.69, 9.17) is 9.47 Å². The molecule has 2 aliphatic rings. The van der Waals surface area contributed by atoms with Gasteiger partial charge >= 0.3 is 5.97 Å².